The number of amides is 1. The maximum Gasteiger partial charge on any atom is 0.408 e. The van der Waals surface area contributed by atoms with Gasteiger partial charge >= 0.3 is 6.09 Å². The van der Waals surface area contributed by atoms with Gasteiger partial charge in [0.2, 0.25) is 0 Å². The molecule has 1 rings (SSSR count). The number of carbonyl (C=O) groups is 1. The molecule has 6 heteroatoms. The monoisotopic (exact) mass is 294 g/mol. The molecule has 0 saturated carbocycles. The number of carbonyl (C=O) groups excluding carboxylic acids is 1. The van der Waals surface area contributed by atoms with Gasteiger partial charge in [0.05, 0.1) is 13.1 Å². The third-order valence-electron chi connectivity index (χ3n) is 2.47. The van der Waals surface area contributed by atoms with Crippen LogP contribution in [0, 0.1) is 11.8 Å². The maximum absolute atomic E-state index is 11.4. The van der Waals surface area contributed by atoms with E-state index in [2.05, 4.69) is 17.2 Å². The van der Waals surface area contributed by atoms with Crippen molar-refractivity contribution >= 4 is 6.09 Å². The molecular formula is C15H22N2O4. The van der Waals surface area contributed by atoms with Gasteiger partial charge in [-0.15, -0.1) is 0 Å². The number of nitrogens with one attached hydrogen (secondary N) is 1. The van der Waals surface area contributed by atoms with Crippen LogP contribution in [0.4, 0.5) is 4.79 Å². The van der Waals surface area contributed by atoms with E-state index >= 15 is 0 Å². The summed E-state index contributed by atoms with van der Waals surface area (Å²) < 4.78 is 5.08. The van der Waals surface area contributed by atoms with Gasteiger partial charge < -0.3 is 15.2 Å². The SMILES string of the molecule is CC(C)(C)OC(=O)NCC#CC1=C(CCO)C=CCN1O. The van der Waals surface area contributed by atoms with Gasteiger partial charge in [0, 0.05) is 6.61 Å². The number of hydrogen-bond acceptors (Lipinski definition) is 5. The molecule has 0 fully saturated rings. The maximum atomic E-state index is 11.4. The van der Waals surface area contributed by atoms with Crippen molar-refractivity contribution in [3.8, 4) is 11.8 Å². The summed E-state index contributed by atoms with van der Waals surface area (Å²) in [5, 5.41) is 22.3. The number of ether oxygens (including phenoxy) is 1. The van der Waals surface area contributed by atoms with Crippen molar-refractivity contribution in [2.75, 3.05) is 19.7 Å². The highest BCUT2D eigenvalue weighted by Gasteiger charge is 2.15. The Bertz CT molecular complexity index is 492. The fourth-order valence-electron chi connectivity index (χ4n) is 1.66. The van der Waals surface area contributed by atoms with Gasteiger partial charge in [-0.3, -0.25) is 5.21 Å². The first-order chi connectivity index (χ1) is 9.83. The summed E-state index contributed by atoms with van der Waals surface area (Å²) in [6.45, 7) is 5.78. The number of hydroxylamine groups is 2. The summed E-state index contributed by atoms with van der Waals surface area (Å²) in [4.78, 5) is 11.4. The standard InChI is InChI=1S/C15H22N2O4/c1-15(2,3)21-14(19)16-9-4-7-13-12(8-11-18)6-5-10-17(13)20/h5-6,18,20H,8-11H2,1-3H3,(H,16,19). The van der Waals surface area contributed by atoms with Crippen molar-refractivity contribution < 1.29 is 19.8 Å². The van der Waals surface area contributed by atoms with E-state index in [1.165, 1.54) is 0 Å². The van der Waals surface area contributed by atoms with Crippen LogP contribution in [0.15, 0.2) is 23.4 Å². The van der Waals surface area contributed by atoms with E-state index in [1.54, 1.807) is 26.8 Å². The highest BCUT2D eigenvalue weighted by molar-refractivity contribution is 5.68. The minimum Gasteiger partial charge on any atom is -0.444 e. The van der Waals surface area contributed by atoms with E-state index in [1.807, 2.05) is 6.08 Å². The highest BCUT2D eigenvalue weighted by Crippen LogP contribution is 2.17. The summed E-state index contributed by atoms with van der Waals surface area (Å²) in [5.74, 6) is 5.55. The molecule has 21 heavy (non-hydrogen) atoms. The van der Waals surface area contributed by atoms with Crippen molar-refractivity contribution in [2.24, 2.45) is 0 Å². The Balaban J connectivity index is 2.60. The zero-order chi connectivity index (χ0) is 15.9. The lowest BCUT2D eigenvalue weighted by Crippen LogP contribution is -2.32. The molecule has 0 aliphatic carbocycles. The number of alkyl carbamates (subject to hydrolysis) is 1. The van der Waals surface area contributed by atoms with Gasteiger partial charge in [0.25, 0.3) is 0 Å². The molecule has 116 valence electrons. The van der Waals surface area contributed by atoms with Gasteiger partial charge in [0.15, 0.2) is 0 Å². The average Bonchev–Trinajstić information content (AvgIpc) is 2.35. The molecule has 0 bridgehead atoms. The molecule has 0 spiro atoms. The van der Waals surface area contributed by atoms with Crippen LogP contribution in [0.5, 0.6) is 0 Å². The second kappa shape index (κ2) is 7.72. The Hall–Kier alpha value is -1.97. The number of aliphatic hydroxyl groups is 1. The Kier molecular flexibility index (Phi) is 6.28. The third-order valence-corrected chi connectivity index (χ3v) is 2.47. The molecule has 1 aliphatic rings. The van der Waals surface area contributed by atoms with Crippen LogP contribution in [-0.4, -0.2) is 46.8 Å². The van der Waals surface area contributed by atoms with E-state index < -0.39 is 11.7 Å². The Morgan fingerprint density at radius 2 is 2.24 bits per heavy atom. The van der Waals surface area contributed by atoms with Crippen molar-refractivity contribution in [3.05, 3.63) is 23.4 Å². The molecular weight excluding hydrogens is 272 g/mol. The number of aliphatic hydroxyl groups excluding tert-OH is 1. The molecule has 3 N–H and O–H groups in total. The van der Waals surface area contributed by atoms with Crippen molar-refractivity contribution in [2.45, 2.75) is 32.8 Å². The summed E-state index contributed by atoms with van der Waals surface area (Å²) >= 11 is 0. The van der Waals surface area contributed by atoms with Crippen molar-refractivity contribution in [1.29, 1.82) is 0 Å². The van der Waals surface area contributed by atoms with E-state index in [0.717, 1.165) is 10.6 Å². The summed E-state index contributed by atoms with van der Waals surface area (Å²) in [7, 11) is 0. The van der Waals surface area contributed by atoms with Crippen LogP contribution in [0.25, 0.3) is 0 Å². The fraction of sp³-hybridized carbons (Fsp3) is 0.533. The van der Waals surface area contributed by atoms with Crippen LogP contribution in [0.1, 0.15) is 27.2 Å². The van der Waals surface area contributed by atoms with Gasteiger partial charge in [-0.1, -0.05) is 18.1 Å². The first-order valence-electron chi connectivity index (χ1n) is 6.76. The predicted octanol–water partition coefficient (Wildman–Crippen LogP) is 1.41. The van der Waals surface area contributed by atoms with Crippen LogP contribution >= 0.6 is 0 Å². The zero-order valence-electron chi connectivity index (χ0n) is 12.6. The summed E-state index contributed by atoms with van der Waals surface area (Å²) in [6, 6.07) is 0. The molecule has 6 nitrogen and oxygen atoms in total. The van der Waals surface area contributed by atoms with Crippen LogP contribution in [0.2, 0.25) is 0 Å². The largest absolute Gasteiger partial charge is 0.444 e. The third kappa shape index (κ3) is 6.34. The van der Waals surface area contributed by atoms with Crippen LogP contribution in [0.3, 0.4) is 0 Å². The second-order valence-electron chi connectivity index (χ2n) is 5.49. The molecule has 0 aromatic carbocycles. The smallest absolute Gasteiger partial charge is 0.408 e. The average molecular weight is 294 g/mol. The zero-order valence-corrected chi connectivity index (χ0v) is 12.6. The van der Waals surface area contributed by atoms with E-state index in [9.17, 15) is 10.0 Å². The molecule has 0 atom stereocenters. The highest BCUT2D eigenvalue weighted by atomic mass is 16.6. The molecule has 0 aromatic rings. The minimum absolute atomic E-state index is 0.0190. The Labute approximate surface area is 125 Å². The lowest BCUT2D eigenvalue weighted by atomic mass is 10.1. The number of hydrogen-bond donors (Lipinski definition) is 3. The van der Waals surface area contributed by atoms with Gasteiger partial charge in [-0.25, -0.2) is 9.86 Å². The molecule has 1 amide bonds. The number of rotatable bonds is 3. The minimum atomic E-state index is -0.551. The Morgan fingerprint density at radius 1 is 1.52 bits per heavy atom. The predicted molar refractivity (Wildman–Crippen MR) is 78.4 cm³/mol. The van der Waals surface area contributed by atoms with Gasteiger partial charge in [-0.2, -0.15) is 0 Å². The number of nitrogens with zero attached hydrogens (tertiary/aromatic N) is 1. The topological polar surface area (TPSA) is 82.0 Å². The molecule has 0 radical (unpaired) electrons. The van der Waals surface area contributed by atoms with Crippen LogP contribution < -0.4 is 5.32 Å². The van der Waals surface area contributed by atoms with Crippen molar-refractivity contribution in [1.82, 2.24) is 10.4 Å². The second-order valence-corrected chi connectivity index (χ2v) is 5.49. The summed E-state index contributed by atoms with van der Waals surface area (Å²) in [5.41, 5.74) is 0.651. The molecule has 0 unspecified atom stereocenters. The Morgan fingerprint density at radius 3 is 2.86 bits per heavy atom. The fourth-order valence-corrected chi connectivity index (χ4v) is 1.66. The van der Waals surface area contributed by atoms with E-state index in [4.69, 9.17) is 9.84 Å². The lowest BCUT2D eigenvalue weighted by Gasteiger charge is -2.21. The normalized spacial score (nSPS) is 14.6. The summed E-state index contributed by atoms with van der Waals surface area (Å²) in [6.07, 6.45) is 3.49. The van der Waals surface area contributed by atoms with Crippen LogP contribution in [-0.2, 0) is 4.74 Å². The molecule has 1 aliphatic heterocycles. The first-order valence-corrected chi connectivity index (χ1v) is 6.76. The van der Waals surface area contributed by atoms with Gasteiger partial charge in [0.1, 0.15) is 11.3 Å². The molecule has 0 aromatic heterocycles. The molecule has 1 heterocycles. The quantitative estimate of drug-likeness (QED) is 0.686. The van der Waals surface area contributed by atoms with E-state index in [-0.39, 0.29) is 13.2 Å². The number of allylic oxidation sites excluding steroid dienone is 2. The van der Waals surface area contributed by atoms with Gasteiger partial charge in [-0.05, 0) is 38.7 Å². The van der Waals surface area contributed by atoms with E-state index in [0.29, 0.717) is 18.7 Å². The first kappa shape index (κ1) is 17.1. The molecule has 0 saturated heterocycles. The van der Waals surface area contributed by atoms with Crippen molar-refractivity contribution in [3.63, 3.8) is 0 Å². The lowest BCUT2D eigenvalue weighted by molar-refractivity contribution is -0.0409.